The Kier molecular flexibility index (Phi) is 3.63. The van der Waals surface area contributed by atoms with Crippen molar-refractivity contribution in [3.63, 3.8) is 0 Å². The van der Waals surface area contributed by atoms with Gasteiger partial charge in [-0.1, -0.05) is 6.07 Å². The maximum atomic E-state index is 13.4. The molecule has 21 heavy (non-hydrogen) atoms. The van der Waals surface area contributed by atoms with Crippen LogP contribution in [0.4, 0.5) is 8.78 Å². The first kappa shape index (κ1) is 14.0. The summed E-state index contributed by atoms with van der Waals surface area (Å²) in [5, 5.41) is 2.29. The Morgan fingerprint density at radius 2 is 2.10 bits per heavy atom. The van der Waals surface area contributed by atoms with Crippen molar-refractivity contribution < 1.29 is 13.3 Å². The zero-order chi connectivity index (χ0) is 15.0. The monoisotopic (exact) mass is 294 g/mol. The van der Waals surface area contributed by atoms with Gasteiger partial charge in [-0.25, -0.2) is 8.78 Å². The largest absolute Gasteiger partial charge is 0.383 e. The molecule has 0 spiro atoms. The molecular weight excluding hydrogens is 278 g/mol. The molecule has 1 aliphatic rings. The molecule has 6 heteroatoms. The lowest BCUT2D eigenvalue weighted by molar-refractivity contribution is 0.157. The number of aromatic nitrogens is 1. The molecule has 0 unspecified atom stereocenters. The quantitative estimate of drug-likeness (QED) is 0.926. The summed E-state index contributed by atoms with van der Waals surface area (Å²) in [5.74, 6) is -0.958. The molecule has 1 N–H and O–H groups in total. The molecule has 1 aliphatic heterocycles. The highest BCUT2D eigenvalue weighted by atomic mass is 19.2. The van der Waals surface area contributed by atoms with E-state index in [9.17, 15) is 13.6 Å². The third kappa shape index (κ3) is 2.76. The number of rotatable bonds is 2. The molecule has 3 rings (SSSR count). The first-order valence-corrected chi connectivity index (χ1v) is 6.88. The molecule has 1 aromatic carbocycles. The average molecular weight is 294 g/mol. The van der Waals surface area contributed by atoms with Gasteiger partial charge in [0.1, 0.15) is 5.76 Å². The summed E-state index contributed by atoms with van der Waals surface area (Å²) in [7, 11) is 1.95. The molecule has 1 fully saturated rings. The van der Waals surface area contributed by atoms with Crippen LogP contribution in [-0.2, 0) is 0 Å². The van der Waals surface area contributed by atoms with Crippen LogP contribution in [0.2, 0.25) is 0 Å². The van der Waals surface area contributed by atoms with Gasteiger partial charge in [0.15, 0.2) is 11.6 Å². The number of benzene rings is 1. The van der Waals surface area contributed by atoms with Crippen molar-refractivity contribution in [3.05, 3.63) is 57.6 Å². The lowest BCUT2D eigenvalue weighted by Crippen LogP contribution is -2.33. The molecule has 0 amide bonds. The van der Waals surface area contributed by atoms with Gasteiger partial charge in [-0.15, -0.1) is 0 Å². The van der Waals surface area contributed by atoms with Crippen LogP contribution in [0.3, 0.4) is 0 Å². The van der Waals surface area contributed by atoms with Gasteiger partial charge in [-0.3, -0.25) is 9.69 Å². The summed E-state index contributed by atoms with van der Waals surface area (Å²) in [6, 6.07) is 5.43. The lowest BCUT2D eigenvalue weighted by Gasteiger charge is -2.36. The second-order valence-corrected chi connectivity index (χ2v) is 5.51. The van der Waals surface area contributed by atoms with Crippen molar-refractivity contribution in [2.75, 3.05) is 13.6 Å². The number of hydrogen-bond acceptors (Lipinski definition) is 3. The van der Waals surface area contributed by atoms with Gasteiger partial charge in [0.05, 0.1) is 0 Å². The molecule has 0 radical (unpaired) electrons. The molecule has 1 aromatic heterocycles. The summed E-state index contributed by atoms with van der Waals surface area (Å²) >= 11 is 0. The van der Waals surface area contributed by atoms with Gasteiger partial charge in [-0.05, 0) is 44.1 Å². The molecule has 2 atom stereocenters. The summed E-state index contributed by atoms with van der Waals surface area (Å²) in [6.45, 7) is 0.795. The Morgan fingerprint density at radius 3 is 2.76 bits per heavy atom. The predicted octanol–water partition coefficient (Wildman–Crippen LogP) is 2.80. The van der Waals surface area contributed by atoms with Crippen LogP contribution >= 0.6 is 0 Å². The van der Waals surface area contributed by atoms with E-state index in [0.29, 0.717) is 12.2 Å². The van der Waals surface area contributed by atoms with Crippen molar-refractivity contribution in [1.82, 2.24) is 10.1 Å². The molecule has 112 valence electrons. The highest BCUT2D eigenvalue weighted by Crippen LogP contribution is 2.38. The van der Waals surface area contributed by atoms with Gasteiger partial charge >= 0.3 is 0 Å². The highest BCUT2D eigenvalue weighted by molar-refractivity contribution is 5.23. The fourth-order valence-electron chi connectivity index (χ4n) is 2.95. The topological polar surface area (TPSA) is 49.2 Å². The Hall–Kier alpha value is -1.95. The van der Waals surface area contributed by atoms with E-state index >= 15 is 0 Å². The standard InChI is InChI=1S/C15H16F2N2O2/c1-19-5-4-10(14-8-15(20)18-21-14)7-13(19)9-2-3-11(16)12(17)6-9/h2-3,6,8,10,13H,4-5,7H2,1H3,(H,18,20)/t10-,13-/m0/s1. The van der Waals surface area contributed by atoms with Gasteiger partial charge in [0.25, 0.3) is 5.56 Å². The van der Waals surface area contributed by atoms with E-state index in [1.165, 1.54) is 12.1 Å². The zero-order valence-corrected chi connectivity index (χ0v) is 11.6. The van der Waals surface area contributed by atoms with Gasteiger partial charge in [-0.2, -0.15) is 5.16 Å². The Labute approximate surface area is 120 Å². The van der Waals surface area contributed by atoms with Crippen molar-refractivity contribution >= 4 is 0 Å². The summed E-state index contributed by atoms with van der Waals surface area (Å²) < 4.78 is 31.7. The van der Waals surface area contributed by atoms with Crippen LogP contribution in [0.25, 0.3) is 0 Å². The number of likely N-dealkylation sites (tertiary alicyclic amines) is 1. The molecule has 2 aromatic rings. The van der Waals surface area contributed by atoms with Crippen LogP contribution < -0.4 is 5.56 Å². The second kappa shape index (κ2) is 5.44. The summed E-state index contributed by atoms with van der Waals surface area (Å²) in [5.41, 5.74) is 0.479. The van der Waals surface area contributed by atoms with E-state index in [-0.39, 0.29) is 17.5 Å². The van der Waals surface area contributed by atoms with Gasteiger partial charge in [0, 0.05) is 18.0 Å². The van der Waals surface area contributed by atoms with Crippen LogP contribution in [0.5, 0.6) is 0 Å². The summed E-state index contributed by atoms with van der Waals surface area (Å²) in [4.78, 5) is 13.3. The van der Waals surface area contributed by atoms with Gasteiger partial charge in [0.2, 0.25) is 0 Å². The molecule has 4 nitrogen and oxygen atoms in total. The van der Waals surface area contributed by atoms with Crippen molar-refractivity contribution in [1.29, 1.82) is 0 Å². The van der Waals surface area contributed by atoms with E-state index in [1.807, 2.05) is 7.05 Å². The second-order valence-electron chi connectivity index (χ2n) is 5.51. The van der Waals surface area contributed by atoms with Crippen molar-refractivity contribution in [2.45, 2.75) is 24.8 Å². The number of aromatic amines is 1. The smallest absolute Gasteiger partial charge is 0.280 e. The normalized spacial score (nSPS) is 23.4. The maximum absolute atomic E-state index is 13.4. The van der Waals surface area contributed by atoms with E-state index in [0.717, 1.165) is 24.6 Å². The molecule has 2 heterocycles. The van der Waals surface area contributed by atoms with Crippen LogP contribution in [0.1, 0.15) is 36.1 Å². The number of hydrogen-bond donors (Lipinski definition) is 1. The third-order valence-electron chi connectivity index (χ3n) is 4.14. The number of nitrogens with zero attached hydrogens (tertiary/aromatic N) is 1. The number of halogens is 2. The highest BCUT2D eigenvalue weighted by Gasteiger charge is 2.30. The molecule has 1 saturated heterocycles. The van der Waals surface area contributed by atoms with Crippen molar-refractivity contribution in [3.8, 4) is 0 Å². The fraction of sp³-hybridized carbons (Fsp3) is 0.400. The maximum Gasteiger partial charge on any atom is 0.280 e. The van der Waals surface area contributed by atoms with E-state index < -0.39 is 11.6 Å². The van der Waals surface area contributed by atoms with E-state index in [2.05, 4.69) is 10.1 Å². The average Bonchev–Trinajstić information content (AvgIpc) is 2.89. The number of nitrogens with one attached hydrogen (secondary N) is 1. The van der Waals surface area contributed by atoms with Crippen LogP contribution in [0, 0.1) is 11.6 Å². The van der Waals surface area contributed by atoms with Crippen LogP contribution in [0.15, 0.2) is 33.6 Å². The minimum atomic E-state index is -0.842. The fourth-order valence-corrected chi connectivity index (χ4v) is 2.95. The van der Waals surface area contributed by atoms with Gasteiger partial charge < -0.3 is 4.52 Å². The summed E-state index contributed by atoms with van der Waals surface area (Å²) in [6.07, 6.45) is 1.56. The Balaban J connectivity index is 1.86. The minimum absolute atomic E-state index is 0.0287. The SMILES string of the molecule is CN1CC[C@H](c2cc(=O)[nH]o2)C[C@H]1c1ccc(F)c(F)c1. The zero-order valence-electron chi connectivity index (χ0n) is 11.6. The molecular formula is C15H16F2N2O2. The first-order valence-electron chi connectivity index (χ1n) is 6.88. The molecule has 0 bridgehead atoms. The molecule has 0 saturated carbocycles. The van der Waals surface area contributed by atoms with Crippen molar-refractivity contribution in [2.24, 2.45) is 0 Å². The Morgan fingerprint density at radius 1 is 1.29 bits per heavy atom. The number of H-pyrrole nitrogens is 1. The van der Waals surface area contributed by atoms with Crippen LogP contribution in [-0.4, -0.2) is 23.6 Å². The Bertz CT molecular complexity index is 695. The first-order chi connectivity index (χ1) is 10.0. The third-order valence-corrected chi connectivity index (χ3v) is 4.14. The van der Waals surface area contributed by atoms with E-state index in [4.69, 9.17) is 4.52 Å². The molecule has 0 aliphatic carbocycles. The number of piperidine rings is 1. The lowest BCUT2D eigenvalue weighted by atomic mass is 9.86. The predicted molar refractivity (Wildman–Crippen MR) is 73.0 cm³/mol. The minimum Gasteiger partial charge on any atom is -0.383 e. The van der Waals surface area contributed by atoms with E-state index in [1.54, 1.807) is 6.07 Å².